The number of carbonyl (C=O) groups excluding carboxylic acids is 1. The van der Waals surface area contributed by atoms with E-state index in [-0.39, 0.29) is 17.3 Å². The summed E-state index contributed by atoms with van der Waals surface area (Å²) in [6.07, 6.45) is 7.86. The molecule has 0 bridgehead atoms. The van der Waals surface area contributed by atoms with Crippen LogP contribution in [0.3, 0.4) is 0 Å². The average molecular weight is 465 g/mol. The fourth-order valence-corrected chi connectivity index (χ4v) is 5.35. The largest absolute Gasteiger partial charge is 0.550 e. The van der Waals surface area contributed by atoms with Gasteiger partial charge in [-0.1, -0.05) is 82.3 Å². The average Bonchev–Trinajstić information content (AvgIpc) is 2.86. The van der Waals surface area contributed by atoms with Crippen LogP contribution in [0, 0.1) is 0 Å². The van der Waals surface area contributed by atoms with Crippen LogP contribution in [0.1, 0.15) is 58.8 Å². The Kier molecular flexibility index (Phi) is 12.8. The van der Waals surface area contributed by atoms with Gasteiger partial charge in [-0.15, -0.1) is 0 Å². The van der Waals surface area contributed by atoms with Crippen molar-refractivity contribution in [2.24, 2.45) is 0 Å². The molecule has 3 aromatic rings. The van der Waals surface area contributed by atoms with Gasteiger partial charge in [-0.25, -0.2) is 0 Å². The van der Waals surface area contributed by atoms with Crippen molar-refractivity contribution in [3.05, 3.63) is 84.9 Å². The summed E-state index contributed by atoms with van der Waals surface area (Å²) in [6, 6.07) is 30.2. The first-order valence-corrected chi connectivity index (χ1v) is 13.1. The SMILES string of the molecule is CCC(=O)[O-].CCCCCCCCOc1ccc([S+](c2ccccc2)c2ccccc2)cc1. The van der Waals surface area contributed by atoms with Crippen molar-refractivity contribution >= 4 is 16.9 Å². The maximum atomic E-state index is 9.26. The Hall–Kier alpha value is -2.72. The standard InChI is InChI=1S/C26H31OS.C3H6O2/c1-2-3-4-5-6-13-22-27-23-18-20-26(21-19-23)28(24-14-9-7-10-15-24)25-16-11-8-12-17-25;1-2-3(4)5/h7-12,14-21H,2-6,13,22H2,1H3;2H2,1H3,(H,4,5)/q+1;/p-1. The van der Waals surface area contributed by atoms with Crippen molar-refractivity contribution in [2.75, 3.05) is 6.61 Å². The summed E-state index contributed by atoms with van der Waals surface area (Å²) in [6.45, 7) is 4.61. The third-order valence-electron chi connectivity index (χ3n) is 5.07. The molecule has 0 fully saturated rings. The molecule has 0 saturated carbocycles. The van der Waals surface area contributed by atoms with Gasteiger partial charge >= 0.3 is 0 Å². The van der Waals surface area contributed by atoms with E-state index < -0.39 is 5.97 Å². The monoisotopic (exact) mass is 464 g/mol. The maximum Gasteiger partial charge on any atom is 0.166 e. The minimum Gasteiger partial charge on any atom is -0.550 e. The van der Waals surface area contributed by atoms with E-state index in [2.05, 4.69) is 91.9 Å². The lowest BCUT2D eigenvalue weighted by Gasteiger charge is -2.09. The minimum absolute atomic E-state index is 0.0906. The molecule has 0 spiro atoms. The summed E-state index contributed by atoms with van der Waals surface area (Å²) >= 11 is 0. The molecular formula is C29H36O3S. The summed E-state index contributed by atoms with van der Waals surface area (Å²) in [4.78, 5) is 13.3. The first-order chi connectivity index (χ1) is 16.2. The molecule has 0 heterocycles. The summed E-state index contributed by atoms with van der Waals surface area (Å²) < 4.78 is 5.96. The zero-order chi connectivity index (χ0) is 23.7. The lowest BCUT2D eigenvalue weighted by Crippen LogP contribution is -2.19. The summed E-state index contributed by atoms with van der Waals surface area (Å²) in [5.41, 5.74) is 0. The van der Waals surface area contributed by atoms with Crippen LogP contribution >= 0.6 is 0 Å². The van der Waals surface area contributed by atoms with Crippen LogP contribution in [0.5, 0.6) is 5.75 Å². The van der Waals surface area contributed by atoms with E-state index >= 15 is 0 Å². The van der Waals surface area contributed by atoms with Crippen molar-refractivity contribution in [3.63, 3.8) is 0 Å². The van der Waals surface area contributed by atoms with Crippen LogP contribution in [0.15, 0.2) is 99.6 Å². The Labute approximate surface area is 202 Å². The number of hydrogen-bond donors (Lipinski definition) is 0. The first-order valence-electron chi connectivity index (χ1n) is 11.9. The van der Waals surface area contributed by atoms with E-state index in [1.807, 2.05) is 0 Å². The van der Waals surface area contributed by atoms with E-state index in [4.69, 9.17) is 4.74 Å². The molecule has 3 aromatic carbocycles. The smallest absolute Gasteiger partial charge is 0.166 e. The molecule has 0 N–H and O–H groups in total. The van der Waals surface area contributed by atoms with E-state index in [1.165, 1.54) is 53.7 Å². The Bertz CT molecular complexity index is 856. The van der Waals surface area contributed by atoms with Gasteiger partial charge in [-0.05, 0) is 61.4 Å². The number of carboxylic acid groups (broad SMARTS) is 1. The molecule has 0 aliphatic carbocycles. The van der Waals surface area contributed by atoms with Crippen molar-refractivity contribution in [2.45, 2.75) is 73.5 Å². The van der Waals surface area contributed by atoms with Gasteiger partial charge in [0.2, 0.25) is 0 Å². The van der Waals surface area contributed by atoms with E-state index in [9.17, 15) is 9.90 Å². The molecule has 4 heteroatoms. The number of benzene rings is 3. The highest BCUT2D eigenvalue weighted by Crippen LogP contribution is 2.31. The molecule has 176 valence electrons. The van der Waals surface area contributed by atoms with Gasteiger partial charge in [0.25, 0.3) is 0 Å². The number of carboxylic acids is 1. The van der Waals surface area contributed by atoms with Gasteiger partial charge in [0.05, 0.1) is 17.5 Å². The predicted molar refractivity (Wildman–Crippen MR) is 136 cm³/mol. The fourth-order valence-electron chi connectivity index (χ4n) is 3.27. The molecule has 0 aliphatic rings. The summed E-state index contributed by atoms with van der Waals surface area (Å²) in [7, 11) is -0.0906. The van der Waals surface area contributed by atoms with Gasteiger partial charge < -0.3 is 14.6 Å². The third kappa shape index (κ3) is 10.2. The molecule has 0 radical (unpaired) electrons. The third-order valence-corrected chi connectivity index (χ3v) is 7.30. The molecule has 33 heavy (non-hydrogen) atoms. The number of unbranched alkanes of at least 4 members (excludes halogenated alkanes) is 5. The highest BCUT2D eigenvalue weighted by molar-refractivity contribution is 7.97. The van der Waals surface area contributed by atoms with Gasteiger partial charge in [0.1, 0.15) is 5.75 Å². The van der Waals surface area contributed by atoms with E-state index in [1.54, 1.807) is 0 Å². The van der Waals surface area contributed by atoms with Crippen LogP contribution in [-0.2, 0) is 15.7 Å². The lowest BCUT2D eigenvalue weighted by molar-refractivity contribution is -0.305. The van der Waals surface area contributed by atoms with Crippen LogP contribution in [0.25, 0.3) is 0 Å². The molecule has 3 rings (SSSR count). The second-order valence-electron chi connectivity index (χ2n) is 7.75. The van der Waals surface area contributed by atoms with Crippen LogP contribution < -0.4 is 9.84 Å². The molecule has 0 atom stereocenters. The van der Waals surface area contributed by atoms with Gasteiger partial charge in [-0.3, -0.25) is 0 Å². The Balaban J connectivity index is 0.000000696. The van der Waals surface area contributed by atoms with Gasteiger partial charge in [-0.2, -0.15) is 0 Å². The number of rotatable bonds is 12. The predicted octanol–water partition coefficient (Wildman–Crippen LogP) is 6.67. The van der Waals surface area contributed by atoms with E-state index in [0.29, 0.717) is 0 Å². The highest BCUT2D eigenvalue weighted by atomic mass is 32.2. The lowest BCUT2D eigenvalue weighted by atomic mass is 10.1. The number of carbonyl (C=O) groups is 1. The number of aliphatic carboxylic acids is 1. The number of ether oxygens (including phenoxy) is 1. The topological polar surface area (TPSA) is 49.4 Å². The van der Waals surface area contributed by atoms with Crippen molar-refractivity contribution in [1.82, 2.24) is 0 Å². The summed E-state index contributed by atoms with van der Waals surface area (Å²) in [5.74, 6) is -0.0213. The maximum absolute atomic E-state index is 9.26. The summed E-state index contributed by atoms with van der Waals surface area (Å²) in [5, 5.41) is 9.26. The Morgan fingerprint density at radius 3 is 1.64 bits per heavy atom. The van der Waals surface area contributed by atoms with Crippen molar-refractivity contribution in [3.8, 4) is 5.75 Å². The van der Waals surface area contributed by atoms with E-state index in [0.717, 1.165) is 18.8 Å². The molecule has 0 saturated heterocycles. The molecule has 0 aliphatic heterocycles. The fraction of sp³-hybridized carbons (Fsp3) is 0.345. The normalized spacial score (nSPS) is 10.4. The van der Waals surface area contributed by atoms with Crippen molar-refractivity contribution in [1.29, 1.82) is 0 Å². The zero-order valence-electron chi connectivity index (χ0n) is 19.9. The molecular weight excluding hydrogens is 428 g/mol. The molecule has 0 amide bonds. The van der Waals surface area contributed by atoms with Crippen LogP contribution in [0.2, 0.25) is 0 Å². The first kappa shape index (κ1) is 26.5. The van der Waals surface area contributed by atoms with Crippen LogP contribution in [0.4, 0.5) is 0 Å². The molecule has 0 unspecified atom stereocenters. The molecule has 3 nitrogen and oxygen atoms in total. The number of hydrogen-bond acceptors (Lipinski definition) is 3. The highest BCUT2D eigenvalue weighted by Gasteiger charge is 2.28. The zero-order valence-corrected chi connectivity index (χ0v) is 20.7. The van der Waals surface area contributed by atoms with Crippen molar-refractivity contribution < 1.29 is 14.6 Å². The Morgan fingerprint density at radius 2 is 1.15 bits per heavy atom. The minimum atomic E-state index is -0.995. The second kappa shape index (κ2) is 16.0. The Morgan fingerprint density at radius 1 is 0.697 bits per heavy atom. The quantitative estimate of drug-likeness (QED) is 0.222. The van der Waals surface area contributed by atoms with Gasteiger partial charge in [0, 0.05) is 5.97 Å². The second-order valence-corrected chi connectivity index (χ2v) is 9.77. The van der Waals surface area contributed by atoms with Gasteiger partial charge in [0.15, 0.2) is 14.7 Å². The molecule has 0 aromatic heterocycles. The van der Waals surface area contributed by atoms with Crippen LogP contribution in [-0.4, -0.2) is 12.6 Å².